The highest BCUT2D eigenvalue weighted by atomic mass is 16.6. The number of aryl methyl sites for hydroxylation is 2. The predicted octanol–water partition coefficient (Wildman–Crippen LogP) is 2.58. The Morgan fingerprint density at radius 3 is 2.22 bits per heavy atom. The summed E-state index contributed by atoms with van der Waals surface area (Å²) < 4.78 is 11.7. The molecule has 0 unspecified atom stereocenters. The van der Waals surface area contributed by atoms with Crippen molar-refractivity contribution in [2.45, 2.75) is 40.5 Å². The average molecular weight is 246 g/mol. The third kappa shape index (κ3) is 2.96. The van der Waals surface area contributed by atoms with Crippen molar-refractivity contribution < 1.29 is 9.31 Å². The zero-order valence-corrected chi connectivity index (χ0v) is 12.0. The number of hydrogen-bond acceptors (Lipinski definition) is 2. The number of benzene rings is 1. The molecule has 1 aliphatic heterocycles. The minimum absolute atomic E-state index is 0.132. The maximum absolute atomic E-state index is 5.83. The largest absolute Gasteiger partial charge is 0.493 e. The molecule has 0 aromatic heterocycles. The van der Waals surface area contributed by atoms with Gasteiger partial charge in [-0.3, -0.25) is 0 Å². The van der Waals surface area contributed by atoms with E-state index in [-0.39, 0.29) is 12.5 Å². The summed E-state index contributed by atoms with van der Waals surface area (Å²) in [7, 11) is -0.186. The SMILES string of the molecule is CCc1ccc(B2OCC(C)(C)CO2)cc1CC. The minimum Gasteiger partial charge on any atom is -0.407 e. The lowest BCUT2D eigenvalue weighted by Crippen LogP contribution is -2.47. The molecule has 0 N–H and O–H groups in total. The molecular weight excluding hydrogens is 223 g/mol. The molecule has 0 atom stereocenters. The van der Waals surface area contributed by atoms with Crippen molar-refractivity contribution in [3.05, 3.63) is 29.3 Å². The van der Waals surface area contributed by atoms with Crippen LogP contribution in [0.1, 0.15) is 38.8 Å². The summed E-state index contributed by atoms with van der Waals surface area (Å²) in [5.41, 5.74) is 4.12. The normalized spacial score (nSPS) is 19.0. The highest BCUT2D eigenvalue weighted by Gasteiger charge is 2.33. The summed E-state index contributed by atoms with van der Waals surface area (Å²) in [6, 6.07) is 6.59. The fraction of sp³-hybridized carbons (Fsp3) is 0.600. The van der Waals surface area contributed by atoms with Gasteiger partial charge in [0.05, 0.1) is 0 Å². The van der Waals surface area contributed by atoms with Crippen molar-refractivity contribution >= 4 is 12.6 Å². The molecule has 1 saturated heterocycles. The van der Waals surface area contributed by atoms with Crippen LogP contribution in [-0.4, -0.2) is 20.3 Å². The highest BCUT2D eigenvalue weighted by molar-refractivity contribution is 6.61. The van der Waals surface area contributed by atoms with E-state index < -0.39 is 0 Å². The summed E-state index contributed by atoms with van der Waals surface area (Å²) in [4.78, 5) is 0. The Bertz CT molecular complexity index is 405. The van der Waals surface area contributed by atoms with Crippen LogP contribution >= 0.6 is 0 Å². The average Bonchev–Trinajstić information content (AvgIpc) is 2.38. The van der Waals surface area contributed by atoms with E-state index in [2.05, 4.69) is 45.9 Å². The van der Waals surface area contributed by atoms with E-state index in [4.69, 9.17) is 9.31 Å². The van der Waals surface area contributed by atoms with Crippen molar-refractivity contribution in [2.24, 2.45) is 5.41 Å². The lowest BCUT2D eigenvalue weighted by atomic mass is 9.74. The Labute approximate surface area is 111 Å². The van der Waals surface area contributed by atoms with E-state index in [9.17, 15) is 0 Å². The molecule has 3 heteroatoms. The van der Waals surface area contributed by atoms with E-state index in [0.29, 0.717) is 0 Å². The Balaban J connectivity index is 2.15. The third-order valence-electron chi connectivity index (χ3n) is 3.52. The van der Waals surface area contributed by atoms with Gasteiger partial charge in [-0.2, -0.15) is 0 Å². The van der Waals surface area contributed by atoms with Gasteiger partial charge in [-0.1, -0.05) is 45.9 Å². The van der Waals surface area contributed by atoms with Crippen LogP contribution in [0.4, 0.5) is 0 Å². The molecule has 0 amide bonds. The highest BCUT2D eigenvalue weighted by Crippen LogP contribution is 2.21. The van der Waals surface area contributed by atoms with Gasteiger partial charge in [0, 0.05) is 18.6 Å². The molecule has 0 bridgehead atoms. The summed E-state index contributed by atoms with van der Waals surface area (Å²) in [5.74, 6) is 0. The van der Waals surface area contributed by atoms with Crippen LogP contribution in [0.5, 0.6) is 0 Å². The van der Waals surface area contributed by atoms with Crippen molar-refractivity contribution in [2.75, 3.05) is 13.2 Å². The second kappa shape index (κ2) is 5.46. The maximum Gasteiger partial charge on any atom is 0.493 e. The van der Waals surface area contributed by atoms with Crippen LogP contribution in [0, 0.1) is 5.41 Å². The molecule has 1 heterocycles. The van der Waals surface area contributed by atoms with Crippen LogP contribution in [0.3, 0.4) is 0 Å². The molecule has 0 aliphatic carbocycles. The van der Waals surface area contributed by atoms with Gasteiger partial charge in [-0.05, 0) is 29.4 Å². The van der Waals surface area contributed by atoms with Gasteiger partial charge >= 0.3 is 7.12 Å². The van der Waals surface area contributed by atoms with E-state index in [1.807, 2.05) is 0 Å². The van der Waals surface area contributed by atoms with Gasteiger partial charge < -0.3 is 9.31 Å². The summed E-state index contributed by atoms with van der Waals surface area (Å²) in [5, 5.41) is 0. The Morgan fingerprint density at radius 1 is 1.06 bits per heavy atom. The molecule has 0 radical (unpaired) electrons. The Morgan fingerprint density at radius 2 is 1.67 bits per heavy atom. The van der Waals surface area contributed by atoms with E-state index >= 15 is 0 Å². The summed E-state index contributed by atoms with van der Waals surface area (Å²) in [6.45, 7) is 10.2. The first kappa shape index (κ1) is 13.6. The molecular formula is C15H23BO2. The van der Waals surface area contributed by atoms with Crippen molar-refractivity contribution in [3.63, 3.8) is 0 Å². The molecule has 2 nitrogen and oxygen atoms in total. The molecule has 0 saturated carbocycles. The zero-order valence-electron chi connectivity index (χ0n) is 12.0. The van der Waals surface area contributed by atoms with Crippen LogP contribution in [0.25, 0.3) is 0 Å². The molecule has 1 aromatic carbocycles. The van der Waals surface area contributed by atoms with Crippen LogP contribution in [-0.2, 0) is 22.2 Å². The summed E-state index contributed by atoms with van der Waals surface area (Å²) in [6.07, 6.45) is 2.15. The van der Waals surface area contributed by atoms with Gasteiger partial charge in [0.15, 0.2) is 0 Å². The van der Waals surface area contributed by atoms with Crippen LogP contribution in [0.2, 0.25) is 0 Å². The Kier molecular flexibility index (Phi) is 4.13. The molecule has 98 valence electrons. The topological polar surface area (TPSA) is 18.5 Å². The third-order valence-corrected chi connectivity index (χ3v) is 3.52. The predicted molar refractivity (Wildman–Crippen MR) is 76.3 cm³/mol. The molecule has 1 aliphatic rings. The first-order valence-corrected chi connectivity index (χ1v) is 6.90. The van der Waals surface area contributed by atoms with E-state index in [0.717, 1.165) is 31.5 Å². The first-order chi connectivity index (χ1) is 8.55. The van der Waals surface area contributed by atoms with E-state index in [1.54, 1.807) is 0 Å². The maximum atomic E-state index is 5.83. The summed E-state index contributed by atoms with van der Waals surface area (Å²) >= 11 is 0. The zero-order chi connectivity index (χ0) is 13.2. The second-order valence-corrected chi connectivity index (χ2v) is 5.85. The lowest BCUT2D eigenvalue weighted by Gasteiger charge is -2.33. The van der Waals surface area contributed by atoms with Gasteiger partial charge in [-0.15, -0.1) is 0 Å². The lowest BCUT2D eigenvalue weighted by molar-refractivity contribution is 0.0343. The fourth-order valence-corrected chi connectivity index (χ4v) is 2.35. The minimum atomic E-state index is -0.186. The monoisotopic (exact) mass is 246 g/mol. The quantitative estimate of drug-likeness (QED) is 0.763. The second-order valence-electron chi connectivity index (χ2n) is 5.85. The molecule has 2 rings (SSSR count). The van der Waals surface area contributed by atoms with Gasteiger partial charge in [0.1, 0.15) is 0 Å². The molecule has 0 spiro atoms. The van der Waals surface area contributed by atoms with Crippen LogP contribution in [0.15, 0.2) is 18.2 Å². The smallest absolute Gasteiger partial charge is 0.407 e. The van der Waals surface area contributed by atoms with Gasteiger partial charge in [0.2, 0.25) is 0 Å². The van der Waals surface area contributed by atoms with Crippen molar-refractivity contribution in [3.8, 4) is 0 Å². The molecule has 1 fully saturated rings. The Hall–Kier alpha value is -0.795. The first-order valence-electron chi connectivity index (χ1n) is 6.90. The molecule has 1 aromatic rings. The van der Waals surface area contributed by atoms with Crippen molar-refractivity contribution in [1.82, 2.24) is 0 Å². The van der Waals surface area contributed by atoms with E-state index in [1.165, 1.54) is 11.1 Å². The number of hydrogen-bond donors (Lipinski definition) is 0. The van der Waals surface area contributed by atoms with Crippen molar-refractivity contribution in [1.29, 1.82) is 0 Å². The fourth-order valence-electron chi connectivity index (χ4n) is 2.35. The standard InChI is InChI=1S/C15H23BO2/c1-5-12-7-8-14(9-13(12)6-2)16-17-10-15(3,4)11-18-16/h7-9H,5-6,10-11H2,1-4H3. The van der Waals surface area contributed by atoms with Gasteiger partial charge in [0.25, 0.3) is 0 Å². The number of rotatable bonds is 3. The van der Waals surface area contributed by atoms with Gasteiger partial charge in [-0.25, -0.2) is 0 Å². The van der Waals surface area contributed by atoms with Crippen LogP contribution < -0.4 is 5.46 Å². The molecule has 18 heavy (non-hydrogen) atoms.